The number of nitrogens with zero attached hydrogens (tertiary/aromatic N) is 1. The molecular weight excluding hydrogens is 234 g/mol. The van der Waals surface area contributed by atoms with E-state index in [-0.39, 0.29) is 0 Å². The molecule has 0 atom stereocenters. The standard InChI is InChI=1S/C13H10ClN3/c14-11-4-5-16-13-10(11)7-12(17-13)8-2-1-3-9(15)6-8/h1-7H,15H2,(H,16,17). The SMILES string of the molecule is Nc1cccc(-c2cc3c(Cl)ccnc3[nH]2)c1. The highest BCUT2D eigenvalue weighted by Crippen LogP contribution is 2.28. The molecule has 0 aliphatic rings. The topological polar surface area (TPSA) is 54.7 Å². The van der Waals surface area contributed by atoms with E-state index in [1.54, 1.807) is 12.3 Å². The number of rotatable bonds is 1. The normalized spacial score (nSPS) is 10.9. The Labute approximate surface area is 103 Å². The van der Waals surface area contributed by atoms with Crippen molar-refractivity contribution in [3.8, 4) is 11.3 Å². The summed E-state index contributed by atoms with van der Waals surface area (Å²) < 4.78 is 0. The van der Waals surface area contributed by atoms with E-state index < -0.39 is 0 Å². The first-order valence-electron chi connectivity index (χ1n) is 5.23. The van der Waals surface area contributed by atoms with Gasteiger partial charge in [-0.25, -0.2) is 4.98 Å². The lowest BCUT2D eigenvalue weighted by atomic mass is 10.1. The van der Waals surface area contributed by atoms with Crippen molar-refractivity contribution in [2.75, 3.05) is 5.73 Å². The van der Waals surface area contributed by atoms with Crippen LogP contribution in [0.2, 0.25) is 5.02 Å². The Morgan fingerprint density at radius 3 is 2.82 bits per heavy atom. The van der Waals surface area contributed by atoms with Crippen LogP contribution in [-0.2, 0) is 0 Å². The summed E-state index contributed by atoms with van der Waals surface area (Å²) in [6.07, 6.45) is 1.68. The van der Waals surface area contributed by atoms with E-state index in [9.17, 15) is 0 Å². The van der Waals surface area contributed by atoms with Crippen molar-refractivity contribution >= 4 is 28.3 Å². The first kappa shape index (κ1) is 10.2. The second-order valence-corrected chi connectivity index (χ2v) is 4.27. The fraction of sp³-hybridized carbons (Fsp3) is 0. The highest BCUT2D eigenvalue weighted by Gasteiger charge is 2.06. The number of aromatic amines is 1. The number of nitrogens with two attached hydrogens (primary N) is 1. The largest absolute Gasteiger partial charge is 0.399 e. The van der Waals surface area contributed by atoms with E-state index in [0.29, 0.717) is 5.02 Å². The van der Waals surface area contributed by atoms with E-state index in [1.807, 2.05) is 30.3 Å². The minimum Gasteiger partial charge on any atom is -0.399 e. The van der Waals surface area contributed by atoms with Crippen molar-refractivity contribution in [3.63, 3.8) is 0 Å². The third-order valence-electron chi connectivity index (χ3n) is 2.68. The number of pyridine rings is 1. The van der Waals surface area contributed by atoms with Crippen molar-refractivity contribution in [2.24, 2.45) is 0 Å². The van der Waals surface area contributed by atoms with Gasteiger partial charge in [-0.1, -0.05) is 23.7 Å². The molecule has 3 rings (SSSR count). The predicted octanol–water partition coefficient (Wildman–Crippen LogP) is 3.47. The molecule has 3 nitrogen and oxygen atoms in total. The lowest BCUT2D eigenvalue weighted by Gasteiger charge is -1.98. The third-order valence-corrected chi connectivity index (χ3v) is 3.01. The molecule has 3 N–H and O–H groups in total. The second-order valence-electron chi connectivity index (χ2n) is 3.86. The van der Waals surface area contributed by atoms with E-state index >= 15 is 0 Å². The molecule has 0 saturated heterocycles. The van der Waals surface area contributed by atoms with Crippen LogP contribution in [0.25, 0.3) is 22.3 Å². The van der Waals surface area contributed by atoms with Gasteiger partial charge in [-0.2, -0.15) is 0 Å². The van der Waals surface area contributed by atoms with E-state index in [4.69, 9.17) is 17.3 Å². The van der Waals surface area contributed by atoms with Crippen molar-refractivity contribution < 1.29 is 0 Å². The Kier molecular flexibility index (Phi) is 2.27. The maximum Gasteiger partial charge on any atom is 0.139 e. The molecule has 3 aromatic rings. The van der Waals surface area contributed by atoms with E-state index in [2.05, 4.69) is 9.97 Å². The van der Waals surface area contributed by atoms with Gasteiger partial charge in [-0.15, -0.1) is 0 Å². The maximum absolute atomic E-state index is 6.10. The molecule has 0 amide bonds. The number of benzene rings is 1. The van der Waals surface area contributed by atoms with Crippen molar-refractivity contribution in [3.05, 3.63) is 47.6 Å². The molecular formula is C13H10ClN3. The third kappa shape index (κ3) is 1.74. The van der Waals surface area contributed by atoms with Crippen LogP contribution in [0, 0.1) is 0 Å². The Balaban J connectivity index is 2.22. The molecule has 0 fully saturated rings. The predicted molar refractivity (Wildman–Crippen MR) is 71.0 cm³/mol. The zero-order valence-electron chi connectivity index (χ0n) is 8.94. The van der Waals surface area contributed by atoms with E-state index in [1.165, 1.54) is 0 Å². The first-order chi connectivity index (χ1) is 8.24. The Bertz CT molecular complexity index is 688. The van der Waals surface area contributed by atoms with Crippen LogP contribution in [0.15, 0.2) is 42.6 Å². The minimum atomic E-state index is 0.696. The van der Waals surface area contributed by atoms with Crippen molar-refractivity contribution in [1.82, 2.24) is 9.97 Å². The average Bonchev–Trinajstić information content (AvgIpc) is 2.74. The molecule has 0 aliphatic heterocycles. The summed E-state index contributed by atoms with van der Waals surface area (Å²) in [4.78, 5) is 7.47. The summed E-state index contributed by atoms with van der Waals surface area (Å²) in [6.45, 7) is 0. The molecule has 2 aromatic heterocycles. The lowest BCUT2D eigenvalue weighted by molar-refractivity contribution is 1.32. The van der Waals surface area contributed by atoms with Gasteiger partial charge in [0, 0.05) is 28.5 Å². The monoisotopic (exact) mass is 243 g/mol. The lowest BCUT2D eigenvalue weighted by Crippen LogP contribution is -1.84. The molecule has 0 spiro atoms. The van der Waals surface area contributed by atoms with E-state index in [0.717, 1.165) is 28.0 Å². The van der Waals surface area contributed by atoms with Gasteiger partial charge in [-0.05, 0) is 24.3 Å². The molecule has 0 saturated carbocycles. The fourth-order valence-corrected chi connectivity index (χ4v) is 2.06. The van der Waals surface area contributed by atoms with Gasteiger partial charge in [0.15, 0.2) is 0 Å². The fourth-order valence-electron chi connectivity index (χ4n) is 1.86. The summed E-state index contributed by atoms with van der Waals surface area (Å²) in [6, 6.07) is 11.5. The first-order valence-corrected chi connectivity index (χ1v) is 5.61. The highest BCUT2D eigenvalue weighted by molar-refractivity contribution is 6.35. The molecule has 4 heteroatoms. The Hall–Kier alpha value is -2.00. The summed E-state index contributed by atoms with van der Waals surface area (Å²) in [7, 11) is 0. The molecule has 1 aromatic carbocycles. The Morgan fingerprint density at radius 1 is 1.18 bits per heavy atom. The smallest absolute Gasteiger partial charge is 0.139 e. The molecule has 0 bridgehead atoms. The van der Waals surface area contributed by atoms with Gasteiger partial charge in [0.25, 0.3) is 0 Å². The van der Waals surface area contributed by atoms with Crippen LogP contribution in [0.1, 0.15) is 0 Å². The summed E-state index contributed by atoms with van der Waals surface area (Å²) in [5.74, 6) is 0. The number of halogens is 1. The van der Waals surface area contributed by atoms with Crippen LogP contribution in [-0.4, -0.2) is 9.97 Å². The molecule has 84 valence electrons. The molecule has 17 heavy (non-hydrogen) atoms. The molecule has 0 radical (unpaired) electrons. The molecule has 2 heterocycles. The van der Waals surface area contributed by atoms with Gasteiger partial charge in [0.1, 0.15) is 5.65 Å². The summed E-state index contributed by atoms with van der Waals surface area (Å²) in [5, 5.41) is 1.62. The zero-order chi connectivity index (χ0) is 11.8. The number of anilines is 1. The molecule has 0 aliphatic carbocycles. The van der Waals surface area contributed by atoms with Gasteiger partial charge in [-0.3, -0.25) is 0 Å². The van der Waals surface area contributed by atoms with Crippen LogP contribution < -0.4 is 5.73 Å². The maximum atomic E-state index is 6.10. The number of nitrogen functional groups attached to an aromatic ring is 1. The van der Waals surface area contributed by atoms with Crippen LogP contribution >= 0.6 is 11.6 Å². The minimum absolute atomic E-state index is 0.696. The quantitative estimate of drug-likeness (QED) is 0.643. The summed E-state index contributed by atoms with van der Waals surface area (Å²) in [5.41, 5.74) is 9.28. The van der Waals surface area contributed by atoms with Crippen LogP contribution in [0.5, 0.6) is 0 Å². The van der Waals surface area contributed by atoms with Crippen molar-refractivity contribution in [1.29, 1.82) is 0 Å². The average molecular weight is 244 g/mol. The zero-order valence-corrected chi connectivity index (χ0v) is 9.70. The number of hydrogen-bond donors (Lipinski definition) is 2. The van der Waals surface area contributed by atoms with Gasteiger partial charge >= 0.3 is 0 Å². The highest BCUT2D eigenvalue weighted by atomic mass is 35.5. The second kappa shape index (κ2) is 3.79. The number of nitrogens with one attached hydrogen (secondary N) is 1. The number of aromatic nitrogens is 2. The summed E-state index contributed by atoms with van der Waals surface area (Å²) >= 11 is 6.10. The molecule has 0 unspecified atom stereocenters. The van der Waals surface area contributed by atoms with Crippen LogP contribution in [0.4, 0.5) is 5.69 Å². The van der Waals surface area contributed by atoms with Gasteiger partial charge in [0.2, 0.25) is 0 Å². The number of hydrogen-bond acceptors (Lipinski definition) is 2. The number of H-pyrrole nitrogens is 1. The van der Waals surface area contributed by atoms with Crippen LogP contribution in [0.3, 0.4) is 0 Å². The van der Waals surface area contributed by atoms with Gasteiger partial charge < -0.3 is 10.7 Å². The van der Waals surface area contributed by atoms with Gasteiger partial charge in [0.05, 0.1) is 5.02 Å². The number of fused-ring (bicyclic) bond motifs is 1. The van der Waals surface area contributed by atoms with Crippen molar-refractivity contribution in [2.45, 2.75) is 0 Å². The Morgan fingerprint density at radius 2 is 2.06 bits per heavy atom.